The molecule has 0 fully saturated rings. The van der Waals surface area contributed by atoms with E-state index >= 15 is 0 Å². The number of anilines is 1. The summed E-state index contributed by atoms with van der Waals surface area (Å²) in [4.78, 5) is 47.5. The molecule has 0 aromatic heterocycles. The van der Waals surface area contributed by atoms with E-state index in [1.54, 1.807) is 12.1 Å². The van der Waals surface area contributed by atoms with Crippen LogP contribution in [0.5, 0.6) is 0 Å². The minimum absolute atomic E-state index is 0.0742. The summed E-state index contributed by atoms with van der Waals surface area (Å²) in [5.74, 6) is -1.04. The summed E-state index contributed by atoms with van der Waals surface area (Å²) in [6, 6.07) is 7.40. The number of amides is 4. The Hall–Kier alpha value is -2.96. The van der Waals surface area contributed by atoms with Crippen LogP contribution in [0.15, 0.2) is 36.4 Å². The van der Waals surface area contributed by atoms with Gasteiger partial charge >= 0.3 is 0 Å². The molecule has 4 amide bonds. The molecule has 0 unspecified atom stereocenters. The highest BCUT2D eigenvalue weighted by atomic mass is 16.2. The van der Waals surface area contributed by atoms with Gasteiger partial charge in [-0.25, -0.2) is 0 Å². The van der Waals surface area contributed by atoms with Gasteiger partial charge in [0.25, 0.3) is 11.8 Å². The van der Waals surface area contributed by atoms with E-state index in [-0.39, 0.29) is 30.2 Å². The van der Waals surface area contributed by atoms with Crippen molar-refractivity contribution in [3.05, 3.63) is 42.0 Å². The van der Waals surface area contributed by atoms with E-state index in [4.69, 9.17) is 0 Å². The molecule has 138 valence electrons. The summed E-state index contributed by atoms with van der Waals surface area (Å²) in [7, 11) is 0. The third-order valence-electron chi connectivity index (χ3n) is 3.97. The second-order valence-corrected chi connectivity index (χ2v) is 6.16. The van der Waals surface area contributed by atoms with Crippen molar-refractivity contribution in [2.45, 2.75) is 32.6 Å². The first kappa shape index (κ1) is 19.4. The maximum Gasteiger partial charge on any atom is 0.253 e. The van der Waals surface area contributed by atoms with Crippen LogP contribution in [0.1, 0.15) is 31.2 Å². The van der Waals surface area contributed by atoms with Gasteiger partial charge in [0.1, 0.15) is 0 Å². The molecule has 0 saturated heterocycles. The Bertz CT molecular complexity index is 692. The van der Waals surface area contributed by atoms with Crippen molar-refractivity contribution in [3.8, 4) is 0 Å². The minimum atomic E-state index is -0.285. The van der Waals surface area contributed by atoms with Crippen molar-refractivity contribution in [2.24, 2.45) is 0 Å². The van der Waals surface area contributed by atoms with Crippen LogP contribution in [0.25, 0.3) is 0 Å². The Balaban J connectivity index is 1.54. The fourth-order valence-electron chi connectivity index (χ4n) is 2.49. The number of benzene rings is 1. The minimum Gasteiger partial charge on any atom is -0.347 e. The monoisotopic (exact) mass is 357 g/mol. The third-order valence-corrected chi connectivity index (χ3v) is 3.97. The lowest BCUT2D eigenvalue weighted by molar-refractivity contribution is -0.137. The van der Waals surface area contributed by atoms with Crippen LogP contribution in [0.2, 0.25) is 0 Å². The zero-order valence-corrected chi connectivity index (χ0v) is 14.8. The number of hydrogen-bond acceptors (Lipinski definition) is 4. The van der Waals surface area contributed by atoms with Crippen molar-refractivity contribution in [2.75, 3.05) is 18.4 Å². The van der Waals surface area contributed by atoms with E-state index in [2.05, 4.69) is 10.6 Å². The van der Waals surface area contributed by atoms with E-state index in [1.165, 1.54) is 17.1 Å². The molecule has 0 radical (unpaired) electrons. The molecule has 1 aliphatic heterocycles. The van der Waals surface area contributed by atoms with Crippen molar-refractivity contribution in [1.29, 1.82) is 0 Å². The summed E-state index contributed by atoms with van der Waals surface area (Å²) in [5.41, 5.74) is 1.79. The van der Waals surface area contributed by atoms with Gasteiger partial charge in [-0.15, -0.1) is 0 Å². The second kappa shape index (κ2) is 9.50. The second-order valence-electron chi connectivity index (χ2n) is 6.16. The number of nitrogens with zero attached hydrogens (tertiary/aromatic N) is 1. The van der Waals surface area contributed by atoms with Gasteiger partial charge in [-0.3, -0.25) is 24.1 Å². The Morgan fingerprint density at radius 2 is 1.58 bits per heavy atom. The zero-order chi connectivity index (χ0) is 18.9. The predicted molar refractivity (Wildman–Crippen MR) is 97.1 cm³/mol. The average Bonchev–Trinajstić information content (AvgIpc) is 2.93. The molecule has 1 aromatic carbocycles. The van der Waals surface area contributed by atoms with Gasteiger partial charge < -0.3 is 10.6 Å². The highest BCUT2D eigenvalue weighted by Crippen LogP contribution is 2.09. The van der Waals surface area contributed by atoms with Crippen molar-refractivity contribution < 1.29 is 19.2 Å². The first-order valence-corrected chi connectivity index (χ1v) is 8.62. The van der Waals surface area contributed by atoms with Crippen LogP contribution in [0, 0.1) is 6.92 Å². The Labute approximate surface area is 152 Å². The number of imide groups is 1. The number of carbonyl (C=O) groups is 4. The molecule has 1 aliphatic rings. The van der Waals surface area contributed by atoms with Gasteiger partial charge in [0.15, 0.2) is 0 Å². The van der Waals surface area contributed by atoms with Gasteiger partial charge in [0, 0.05) is 30.8 Å². The van der Waals surface area contributed by atoms with Crippen molar-refractivity contribution >= 4 is 29.3 Å². The van der Waals surface area contributed by atoms with Crippen LogP contribution >= 0.6 is 0 Å². The highest BCUT2D eigenvalue weighted by molar-refractivity contribution is 6.12. The number of rotatable bonds is 9. The summed E-state index contributed by atoms with van der Waals surface area (Å²) in [6.07, 6.45) is 4.84. The number of aryl methyl sites for hydroxylation is 1. The van der Waals surface area contributed by atoms with Gasteiger partial charge in [-0.05, 0) is 31.9 Å². The van der Waals surface area contributed by atoms with Crippen molar-refractivity contribution in [3.63, 3.8) is 0 Å². The fourth-order valence-corrected chi connectivity index (χ4v) is 2.49. The molecular formula is C19H23N3O4. The van der Waals surface area contributed by atoms with Crippen LogP contribution in [-0.4, -0.2) is 41.6 Å². The van der Waals surface area contributed by atoms with Crippen LogP contribution in [0.4, 0.5) is 5.69 Å². The molecule has 2 N–H and O–H groups in total. The molecule has 1 aromatic rings. The molecule has 1 heterocycles. The number of carbonyl (C=O) groups excluding carboxylic acids is 4. The van der Waals surface area contributed by atoms with E-state index in [0.29, 0.717) is 31.5 Å². The zero-order valence-electron chi connectivity index (χ0n) is 14.8. The van der Waals surface area contributed by atoms with E-state index < -0.39 is 0 Å². The molecule has 7 nitrogen and oxygen atoms in total. The normalized spacial score (nSPS) is 13.2. The topological polar surface area (TPSA) is 95.6 Å². The lowest BCUT2D eigenvalue weighted by Gasteiger charge is -2.13. The van der Waals surface area contributed by atoms with Crippen molar-refractivity contribution in [1.82, 2.24) is 10.2 Å². The van der Waals surface area contributed by atoms with E-state index in [0.717, 1.165) is 12.0 Å². The first-order chi connectivity index (χ1) is 12.5. The largest absolute Gasteiger partial charge is 0.347 e. The number of nitrogens with one attached hydrogen (secondary N) is 2. The summed E-state index contributed by atoms with van der Waals surface area (Å²) < 4.78 is 0. The Kier molecular flexibility index (Phi) is 7.08. The molecule has 0 spiro atoms. The lowest BCUT2D eigenvalue weighted by atomic mass is 10.2. The van der Waals surface area contributed by atoms with Crippen LogP contribution in [0.3, 0.4) is 0 Å². The summed E-state index contributed by atoms with van der Waals surface area (Å²) in [6.45, 7) is 2.25. The molecule has 0 atom stereocenters. The molecule has 7 heteroatoms. The summed E-state index contributed by atoms with van der Waals surface area (Å²) >= 11 is 0. The first-order valence-electron chi connectivity index (χ1n) is 8.62. The Morgan fingerprint density at radius 3 is 2.23 bits per heavy atom. The predicted octanol–water partition coefficient (Wildman–Crippen LogP) is 1.54. The highest BCUT2D eigenvalue weighted by Gasteiger charge is 2.22. The smallest absolute Gasteiger partial charge is 0.253 e. The molecule has 0 saturated carbocycles. The number of unbranched alkanes of at least 4 members (excludes halogenated alkanes) is 2. The van der Waals surface area contributed by atoms with Crippen LogP contribution < -0.4 is 10.6 Å². The van der Waals surface area contributed by atoms with Gasteiger partial charge in [-0.2, -0.15) is 0 Å². The van der Waals surface area contributed by atoms with E-state index in [1.807, 2.05) is 19.1 Å². The SMILES string of the molecule is Cc1ccc(NC(=O)CNC(=O)CCCCCN2C(=O)C=CC2=O)cc1. The standard InChI is InChI=1S/C19H23N3O4/c1-14-6-8-15(9-7-14)21-17(24)13-20-16(23)5-3-2-4-12-22-18(25)10-11-19(22)26/h6-11H,2-5,12-13H2,1H3,(H,20,23)(H,21,24). The lowest BCUT2D eigenvalue weighted by Crippen LogP contribution is -2.32. The maximum absolute atomic E-state index is 11.8. The maximum atomic E-state index is 11.8. The average molecular weight is 357 g/mol. The molecular weight excluding hydrogens is 334 g/mol. The quantitative estimate of drug-likeness (QED) is 0.518. The summed E-state index contributed by atoms with van der Waals surface area (Å²) in [5, 5.41) is 5.29. The van der Waals surface area contributed by atoms with Crippen LogP contribution in [-0.2, 0) is 19.2 Å². The van der Waals surface area contributed by atoms with Gasteiger partial charge in [0.2, 0.25) is 11.8 Å². The fraction of sp³-hybridized carbons (Fsp3) is 0.368. The molecule has 0 aliphatic carbocycles. The molecule has 2 rings (SSSR count). The molecule has 0 bridgehead atoms. The molecule has 26 heavy (non-hydrogen) atoms. The van der Waals surface area contributed by atoms with E-state index in [9.17, 15) is 19.2 Å². The van der Waals surface area contributed by atoms with Gasteiger partial charge in [0.05, 0.1) is 6.54 Å². The van der Waals surface area contributed by atoms with Gasteiger partial charge in [-0.1, -0.05) is 24.1 Å². The Morgan fingerprint density at radius 1 is 0.923 bits per heavy atom. The third kappa shape index (κ3) is 6.16. The number of hydrogen-bond donors (Lipinski definition) is 2.